The first-order valence-corrected chi connectivity index (χ1v) is 12.0. The molecule has 3 N–H and O–H groups in total. The first-order chi connectivity index (χ1) is 12.7. The van der Waals surface area contributed by atoms with Gasteiger partial charge in [0.15, 0.2) is 0 Å². The summed E-state index contributed by atoms with van der Waals surface area (Å²) >= 11 is 1.50. The van der Waals surface area contributed by atoms with Gasteiger partial charge in [-0.15, -0.1) is 0 Å². The molecule has 2 saturated heterocycles. The third kappa shape index (κ3) is 3.71. The molecule has 9 nitrogen and oxygen atoms in total. The molecule has 0 bridgehead atoms. The van der Waals surface area contributed by atoms with E-state index in [0.717, 1.165) is 18.6 Å². The second-order valence-corrected chi connectivity index (χ2v) is 11.2. The van der Waals surface area contributed by atoms with Crippen molar-refractivity contribution in [3.05, 3.63) is 0 Å². The van der Waals surface area contributed by atoms with Crippen molar-refractivity contribution in [3.8, 4) is 0 Å². The van der Waals surface area contributed by atoms with Crippen LogP contribution in [0.4, 0.5) is 4.79 Å². The van der Waals surface area contributed by atoms with Crippen LogP contribution >= 0.6 is 11.9 Å². The molecule has 4 rings (SSSR count). The van der Waals surface area contributed by atoms with Crippen molar-refractivity contribution >= 4 is 33.9 Å². The molecule has 4 unspecified atom stereocenters. The van der Waals surface area contributed by atoms with E-state index in [-0.39, 0.29) is 36.0 Å². The molecule has 0 radical (unpaired) electrons. The first kappa shape index (κ1) is 19.4. The van der Waals surface area contributed by atoms with Gasteiger partial charge in [-0.25, -0.2) is 28.2 Å². The number of sulfonamides is 1. The fourth-order valence-electron chi connectivity index (χ4n) is 4.27. The normalized spacial score (nSPS) is 36.1. The summed E-state index contributed by atoms with van der Waals surface area (Å²) in [6.07, 6.45) is 3.00. The Labute approximate surface area is 164 Å². The number of carbonyl (C=O) groups is 2. The highest BCUT2D eigenvalue weighted by atomic mass is 32.2. The summed E-state index contributed by atoms with van der Waals surface area (Å²) in [5.41, 5.74) is 2.72. The van der Waals surface area contributed by atoms with Gasteiger partial charge in [0, 0.05) is 30.9 Å². The largest absolute Gasteiger partial charge is 0.326 e. The SMILES string of the molecule is CN1C(=O)N(CC2CSNN2)C(=O)C2CC(S(=O)(=O)NC3(C)CC3)CCC21. The summed E-state index contributed by atoms with van der Waals surface area (Å²) < 4.78 is 28.4. The van der Waals surface area contributed by atoms with Crippen molar-refractivity contribution in [2.75, 3.05) is 19.3 Å². The van der Waals surface area contributed by atoms with Crippen molar-refractivity contribution in [3.63, 3.8) is 0 Å². The maximum Gasteiger partial charge on any atom is 0.326 e. The molecule has 4 fully saturated rings. The van der Waals surface area contributed by atoms with E-state index in [2.05, 4.69) is 15.0 Å². The van der Waals surface area contributed by atoms with Crippen LogP contribution in [0.5, 0.6) is 0 Å². The number of rotatable bonds is 5. The molecule has 2 heterocycles. The van der Waals surface area contributed by atoms with Crippen LogP contribution in [0.1, 0.15) is 39.0 Å². The zero-order valence-corrected chi connectivity index (χ0v) is 17.2. The van der Waals surface area contributed by atoms with Crippen molar-refractivity contribution < 1.29 is 18.0 Å². The lowest BCUT2D eigenvalue weighted by atomic mass is 9.81. The van der Waals surface area contributed by atoms with E-state index in [1.54, 1.807) is 11.9 Å². The fraction of sp³-hybridized carbons (Fsp3) is 0.875. The Balaban J connectivity index is 1.50. The first-order valence-electron chi connectivity index (χ1n) is 9.43. The summed E-state index contributed by atoms with van der Waals surface area (Å²) in [5, 5.41) is -0.578. The Morgan fingerprint density at radius 3 is 2.67 bits per heavy atom. The third-order valence-electron chi connectivity index (χ3n) is 6.23. The van der Waals surface area contributed by atoms with Crippen LogP contribution in [0.25, 0.3) is 0 Å². The summed E-state index contributed by atoms with van der Waals surface area (Å²) in [7, 11) is -1.76. The molecule has 152 valence electrons. The number of nitrogens with zero attached hydrogens (tertiary/aromatic N) is 2. The molecular weight excluding hydrogens is 390 g/mol. The molecule has 2 aliphatic heterocycles. The Morgan fingerprint density at radius 2 is 2.04 bits per heavy atom. The van der Waals surface area contributed by atoms with Crippen LogP contribution in [0.15, 0.2) is 0 Å². The zero-order valence-electron chi connectivity index (χ0n) is 15.6. The van der Waals surface area contributed by atoms with E-state index < -0.39 is 21.2 Å². The number of fused-ring (bicyclic) bond motifs is 1. The van der Waals surface area contributed by atoms with Gasteiger partial charge in [0.2, 0.25) is 15.9 Å². The van der Waals surface area contributed by atoms with Crippen molar-refractivity contribution in [1.29, 1.82) is 0 Å². The summed E-state index contributed by atoms with van der Waals surface area (Å²) in [5.74, 6) is 0.0605. The molecule has 0 aromatic carbocycles. The smallest absolute Gasteiger partial charge is 0.324 e. The molecule has 4 atom stereocenters. The highest BCUT2D eigenvalue weighted by molar-refractivity contribution is 7.97. The van der Waals surface area contributed by atoms with Crippen LogP contribution < -0.4 is 15.0 Å². The maximum absolute atomic E-state index is 13.1. The van der Waals surface area contributed by atoms with Crippen LogP contribution in [0, 0.1) is 5.92 Å². The van der Waals surface area contributed by atoms with Crippen LogP contribution in [0.3, 0.4) is 0 Å². The van der Waals surface area contributed by atoms with Gasteiger partial charge in [0.25, 0.3) is 0 Å². The third-order valence-corrected chi connectivity index (χ3v) is 9.14. The Bertz CT molecular complexity index is 735. The van der Waals surface area contributed by atoms with E-state index in [4.69, 9.17) is 0 Å². The zero-order chi connectivity index (χ0) is 19.4. The molecule has 0 aromatic heterocycles. The molecule has 0 aromatic rings. The van der Waals surface area contributed by atoms with Crippen molar-refractivity contribution in [2.24, 2.45) is 5.92 Å². The number of amides is 3. The van der Waals surface area contributed by atoms with Gasteiger partial charge in [-0.2, -0.15) is 0 Å². The lowest BCUT2D eigenvalue weighted by Gasteiger charge is -2.47. The maximum atomic E-state index is 13.1. The summed E-state index contributed by atoms with van der Waals surface area (Å²) in [6, 6.07) is -0.509. The molecule has 2 aliphatic carbocycles. The summed E-state index contributed by atoms with van der Waals surface area (Å²) in [4.78, 5) is 31.6. The van der Waals surface area contributed by atoms with Crippen LogP contribution in [0.2, 0.25) is 0 Å². The Kier molecular flexibility index (Phi) is 4.95. The predicted molar refractivity (Wildman–Crippen MR) is 102 cm³/mol. The Morgan fingerprint density at radius 1 is 1.30 bits per heavy atom. The van der Waals surface area contributed by atoms with Gasteiger partial charge in [-0.3, -0.25) is 9.69 Å². The topological polar surface area (TPSA) is 111 Å². The fourth-order valence-corrected chi connectivity index (χ4v) is 6.95. The minimum Gasteiger partial charge on any atom is -0.324 e. The second kappa shape index (κ2) is 6.87. The number of carbonyl (C=O) groups excluding carboxylic acids is 2. The van der Waals surface area contributed by atoms with E-state index in [9.17, 15) is 18.0 Å². The summed E-state index contributed by atoms with van der Waals surface area (Å²) in [6.45, 7) is 2.20. The van der Waals surface area contributed by atoms with Crippen LogP contribution in [-0.2, 0) is 14.8 Å². The van der Waals surface area contributed by atoms with E-state index >= 15 is 0 Å². The quantitative estimate of drug-likeness (QED) is 0.541. The molecule has 3 amide bonds. The monoisotopic (exact) mass is 417 g/mol. The lowest BCUT2D eigenvalue weighted by Crippen LogP contribution is -2.64. The molecule has 11 heteroatoms. The minimum atomic E-state index is -3.47. The number of hydrazine groups is 1. The number of urea groups is 1. The van der Waals surface area contributed by atoms with Gasteiger partial charge in [0.1, 0.15) is 0 Å². The van der Waals surface area contributed by atoms with Crippen molar-refractivity contribution in [1.82, 2.24) is 24.8 Å². The standard InChI is InChI=1S/C16H27N5O4S2/c1-16(5-6-16)18-27(24,25)11-3-4-13-12(7-11)14(22)21(15(23)20(13)2)8-10-9-26-19-17-10/h10-13,17-19H,3-9H2,1-2H3. The number of imide groups is 1. The number of hydrogen-bond donors (Lipinski definition) is 3. The van der Waals surface area contributed by atoms with Crippen molar-refractivity contribution in [2.45, 2.75) is 61.9 Å². The highest BCUT2D eigenvalue weighted by Gasteiger charge is 2.51. The second-order valence-electron chi connectivity index (χ2n) is 8.41. The average Bonchev–Trinajstić information content (AvgIpc) is 3.12. The number of hydrogen-bond acceptors (Lipinski definition) is 7. The van der Waals surface area contributed by atoms with Gasteiger partial charge >= 0.3 is 6.03 Å². The van der Waals surface area contributed by atoms with Gasteiger partial charge < -0.3 is 4.90 Å². The minimum absolute atomic E-state index is 0.00699. The molecule has 0 spiro atoms. The molecule has 2 saturated carbocycles. The van der Waals surface area contributed by atoms with E-state index in [1.165, 1.54) is 16.8 Å². The highest BCUT2D eigenvalue weighted by Crippen LogP contribution is 2.39. The van der Waals surface area contributed by atoms with E-state index in [1.807, 2.05) is 6.92 Å². The van der Waals surface area contributed by atoms with Gasteiger partial charge in [-0.1, -0.05) is 11.9 Å². The predicted octanol–water partition coefficient (Wildman–Crippen LogP) is 0.0142. The van der Waals surface area contributed by atoms with Crippen LogP contribution in [-0.4, -0.2) is 72.4 Å². The van der Waals surface area contributed by atoms with E-state index in [0.29, 0.717) is 19.4 Å². The van der Waals surface area contributed by atoms with Gasteiger partial charge in [-0.05, 0) is 39.0 Å². The molecular formula is C16H27N5O4S2. The number of nitrogens with one attached hydrogen (secondary N) is 3. The Hall–Kier alpha value is -0.880. The molecule has 27 heavy (non-hydrogen) atoms. The van der Waals surface area contributed by atoms with Gasteiger partial charge in [0.05, 0.1) is 17.2 Å². The lowest BCUT2D eigenvalue weighted by molar-refractivity contribution is -0.140. The molecule has 4 aliphatic rings. The average molecular weight is 418 g/mol.